The van der Waals surface area contributed by atoms with Crippen LogP contribution < -0.4 is 20.1 Å². The summed E-state index contributed by atoms with van der Waals surface area (Å²) >= 11 is 0. The number of nitrogens with zero attached hydrogens (tertiary/aromatic N) is 1. The largest absolute Gasteiger partial charge is 0.493 e. The van der Waals surface area contributed by atoms with Gasteiger partial charge in [0, 0.05) is 29.8 Å². The van der Waals surface area contributed by atoms with Crippen LogP contribution >= 0.6 is 0 Å². The number of allylic oxidation sites excluding steroid dienone is 1. The highest BCUT2D eigenvalue weighted by atomic mass is 16.6. The summed E-state index contributed by atoms with van der Waals surface area (Å²) in [6.45, 7) is 8.66. The number of carbonyl (C=O) groups excluding carboxylic acids is 1. The second-order valence-electron chi connectivity index (χ2n) is 11.1. The summed E-state index contributed by atoms with van der Waals surface area (Å²) in [4.78, 5) is 24.1. The Hall–Kier alpha value is -4.33. The Balaban J connectivity index is 1.49. The van der Waals surface area contributed by atoms with Crippen LogP contribution in [0, 0.1) is 29.4 Å². The van der Waals surface area contributed by atoms with Gasteiger partial charge >= 0.3 is 0 Å². The summed E-state index contributed by atoms with van der Waals surface area (Å²) in [6.07, 6.45) is 1.25. The number of Topliss-reactive ketones (excluding diaryl/α,β-unsaturated/α-hetero) is 1. The van der Waals surface area contributed by atoms with Crippen molar-refractivity contribution in [3.8, 4) is 11.5 Å². The van der Waals surface area contributed by atoms with E-state index in [1.807, 2.05) is 18.2 Å². The van der Waals surface area contributed by atoms with Crippen LogP contribution in [0.15, 0.2) is 65.9 Å². The Morgan fingerprint density at radius 2 is 1.67 bits per heavy atom. The quantitative estimate of drug-likeness (QED) is 0.262. The normalized spacial score (nSPS) is 17.8. The van der Waals surface area contributed by atoms with Crippen molar-refractivity contribution in [1.82, 2.24) is 0 Å². The number of non-ortho nitro benzene ring substituents is 1. The molecular formula is C31H33N3O5. The number of aryl methyl sites for hydroxylation is 2. The Labute approximate surface area is 228 Å². The molecule has 3 aromatic rings. The minimum atomic E-state index is -0.427. The topological polar surface area (TPSA) is 103 Å². The van der Waals surface area contributed by atoms with Crippen LogP contribution in [-0.2, 0) is 11.4 Å². The van der Waals surface area contributed by atoms with Crippen molar-refractivity contribution in [3.05, 3.63) is 98.2 Å². The number of ether oxygens (including phenoxy) is 2. The number of benzene rings is 3. The number of ketones is 1. The predicted molar refractivity (Wildman–Crippen MR) is 151 cm³/mol. The zero-order chi connectivity index (χ0) is 27.9. The summed E-state index contributed by atoms with van der Waals surface area (Å²) in [5, 5.41) is 18.2. The van der Waals surface area contributed by atoms with E-state index in [2.05, 4.69) is 50.5 Å². The molecule has 0 spiro atoms. The van der Waals surface area contributed by atoms with Crippen LogP contribution in [0.25, 0.3) is 0 Å². The SMILES string of the molecule is COc1cc(C2Nc3cc(C)c(C)cc3NC3=C2C(=O)CC(C)(C)C3)ccc1OCc1ccc([N+](=O)[O-])cc1. The van der Waals surface area contributed by atoms with E-state index in [1.54, 1.807) is 19.2 Å². The lowest BCUT2D eigenvalue weighted by molar-refractivity contribution is -0.384. The van der Waals surface area contributed by atoms with Gasteiger partial charge in [-0.1, -0.05) is 19.9 Å². The lowest BCUT2D eigenvalue weighted by Gasteiger charge is -2.34. The fourth-order valence-corrected chi connectivity index (χ4v) is 5.32. The number of hydrogen-bond acceptors (Lipinski definition) is 7. The van der Waals surface area contributed by atoms with Crippen LogP contribution in [0.5, 0.6) is 11.5 Å². The molecule has 5 rings (SSSR count). The summed E-state index contributed by atoms with van der Waals surface area (Å²) in [5.41, 5.74) is 7.56. The van der Waals surface area contributed by atoms with Crippen molar-refractivity contribution in [2.45, 2.75) is 53.2 Å². The monoisotopic (exact) mass is 527 g/mol. The number of nitrogens with one attached hydrogen (secondary N) is 2. The van der Waals surface area contributed by atoms with Crippen molar-refractivity contribution in [2.24, 2.45) is 5.41 Å². The maximum absolute atomic E-state index is 13.6. The van der Waals surface area contributed by atoms with Gasteiger partial charge < -0.3 is 20.1 Å². The number of carbonyl (C=O) groups is 1. The molecule has 0 saturated heterocycles. The van der Waals surface area contributed by atoms with Gasteiger partial charge in [-0.25, -0.2) is 0 Å². The predicted octanol–water partition coefficient (Wildman–Crippen LogP) is 7.02. The molecule has 1 heterocycles. The second-order valence-corrected chi connectivity index (χ2v) is 11.1. The Bertz CT molecular complexity index is 1490. The van der Waals surface area contributed by atoms with E-state index < -0.39 is 4.92 Å². The molecule has 3 aromatic carbocycles. The van der Waals surface area contributed by atoms with Gasteiger partial charge in [0.2, 0.25) is 0 Å². The average Bonchev–Trinajstić information content (AvgIpc) is 3.03. The van der Waals surface area contributed by atoms with Gasteiger partial charge in [0.1, 0.15) is 6.61 Å². The molecule has 0 radical (unpaired) electrons. The molecule has 0 aromatic heterocycles. The zero-order valence-corrected chi connectivity index (χ0v) is 22.9. The van der Waals surface area contributed by atoms with Crippen LogP contribution in [0.3, 0.4) is 0 Å². The smallest absolute Gasteiger partial charge is 0.269 e. The summed E-state index contributed by atoms with van der Waals surface area (Å²) < 4.78 is 11.7. The molecule has 1 atom stereocenters. The molecule has 202 valence electrons. The van der Waals surface area contributed by atoms with Crippen LogP contribution in [0.4, 0.5) is 17.1 Å². The summed E-state index contributed by atoms with van der Waals surface area (Å²) in [5.74, 6) is 1.22. The highest BCUT2D eigenvalue weighted by Gasteiger charge is 2.39. The van der Waals surface area contributed by atoms with Crippen molar-refractivity contribution in [1.29, 1.82) is 0 Å². The fourth-order valence-electron chi connectivity index (χ4n) is 5.32. The molecule has 2 N–H and O–H groups in total. The van der Waals surface area contributed by atoms with E-state index in [9.17, 15) is 14.9 Å². The van der Waals surface area contributed by atoms with Gasteiger partial charge in [0.15, 0.2) is 17.3 Å². The third kappa shape index (κ3) is 5.32. The summed E-state index contributed by atoms with van der Waals surface area (Å²) in [6, 6.07) is 15.9. The van der Waals surface area contributed by atoms with Gasteiger partial charge in [-0.15, -0.1) is 0 Å². The maximum Gasteiger partial charge on any atom is 0.269 e. The van der Waals surface area contributed by atoms with Gasteiger partial charge in [-0.3, -0.25) is 14.9 Å². The molecule has 1 unspecified atom stereocenters. The molecule has 1 aliphatic carbocycles. The highest BCUT2D eigenvalue weighted by Crippen LogP contribution is 2.46. The molecule has 39 heavy (non-hydrogen) atoms. The van der Waals surface area contributed by atoms with E-state index in [-0.39, 0.29) is 29.5 Å². The third-order valence-electron chi connectivity index (χ3n) is 7.49. The van der Waals surface area contributed by atoms with E-state index in [0.29, 0.717) is 17.9 Å². The van der Waals surface area contributed by atoms with Gasteiger partial charge in [0.05, 0.1) is 29.4 Å². The first-order chi connectivity index (χ1) is 18.5. The van der Waals surface area contributed by atoms with E-state index in [0.717, 1.165) is 40.2 Å². The molecule has 0 fully saturated rings. The molecule has 1 aliphatic heterocycles. The number of fused-ring (bicyclic) bond motifs is 1. The lowest BCUT2D eigenvalue weighted by Crippen LogP contribution is -2.31. The first-order valence-corrected chi connectivity index (χ1v) is 13.0. The number of nitro groups is 1. The molecule has 8 nitrogen and oxygen atoms in total. The molecular weight excluding hydrogens is 494 g/mol. The third-order valence-corrected chi connectivity index (χ3v) is 7.49. The number of rotatable bonds is 6. The maximum atomic E-state index is 13.6. The van der Waals surface area contributed by atoms with E-state index >= 15 is 0 Å². The van der Waals surface area contributed by atoms with E-state index in [4.69, 9.17) is 9.47 Å². The highest BCUT2D eigenvalue weighted by molar-refractivity contribution is 6.01. The Morgan fingerprint density at radius 1 is 0.974 bits per heavy atom. The van der Waals surface area contributed by atoms with E-state index in [1.165, 1.54) is 23.3 Å². The van der Waals surface area contributed by atoms with Gasteiger partial charge in [-0.05, 0) is 84.3 Å². The Kier molecular flexibility index (Phi) is 6.80. The van der Waals surface area contributed by atoms with Crippen molar-refractivity contribution >= 4 is 22.8 Å². The standard InChI is InChI=1S/C31H33N3O5/c1-18-12-23-24(13-19(18)2)33-30(29-25(32-23)15-31(3,4)16-26(29)35)21-8-11-27(28(14-21)38-5)39-17-20-6-9-22(10-7-20)34(36)37/h6-14,30,32-33H,15-17H2,1-5H3. The number of hydrogen-bond donors (Lipinski definition) is 2. The second kappa shape index (κ2) is 10.1. The molecule has 0 bridgehead atoms. The number of nitro benzene ring substituents is 1. The van der Waals surface area contributed by atoms with Crippen LogP contribution in [0.1, 0.15) is 55.0 Å². The van der Waals surface area contributed by atoms with Crippen molar-refractivity contribution < 1.29 is 19.2 Å². The first-order valence-electron chi connectivity index (χ1n) is 13.0. The zero-order valence-electron chi connectivity index (χ0n) is 22.9. The summed E-state index contributed by atoms with van der Waals surface area (Å²) in [7, 11) is 1.58. The minimum absolute atomic E-state index is 0.0346. The molecule has 0 amide bonds. The van der Waals surface area contributed by atoms with Gasteiger partial charge in [-0.2, -0.15) is 0 Å². The Morgan fingerprint density at radius 3 is 2.33 bits per heavy atom. The molecule has 2 aliphatic rings. The lowest BCUT2D eigenvalue weighted by atomic mass is 9.73. The average molecular weight is 528 g/mol. The van der Waals surface area contributed by atoms with Crippen molar-refractivity contribution in [2.75, 3.05) is 17.7 Å². The molecule has 0 saturated carbocycles. The van der Waals surface area contributed by atoms with Crippen molar-refractivity contribution in [3.63, 3.8) is 0 Å². The van der Waals surface area contributed by atoms with Crippen LogP contribution in [0.2, 0.25) is 0 Å². The van der Waals surface area contributed by atoms with Crippen LogP contribution in [-0.4, -0.2) is 17.8 Å². The first kappa shape index (κ1) is 26.3. The number of anilines is 2. The number of methoxy groups -OCH3 is 1. The molecule has 8 heteroatoms. The van der Waals surface area contributed by atoms with Gasteiger partial charge in [0.25, 0.3) is 5.69 Å². The fraction of sp³-hybridized carbons (Fsp3) is 0.323. The minimum Gasteiger partial charge on any atom is -0.493 e.